The Morgan fingerprint density at radius 1 is 1.18 bits per heavy atom. The van der Waals surface area contributed by atoms with Gasteiger partial charge in [0.2, 0.25) is 0 Å². The van der Waals surface area contributed by atoms with Gasteiger partial charge in [0, 0.05) is 18.9 Å². The molecule has 3 heteroatoms. The van der Waals surface area contributed by atoms with Crippen molar-refractivity contribution in [3.05, 3.63) is 53.3 Å². The lowest BCUT2D eigenvalue weighted by molar-refractivity contribution is 1.08. The molecule has 0 aliphatic carbocycles. The van der Waals surface area contributed by atoms with E-state index in [4.69, 9.17) is 5.73 Å². The van der Waals surface area contributed by atoms with Crippen molar-refractivity contribution in [2.45, 2.75) is 20.4 Å². The molecule has 0 atom stereocenters. The van der Waals surface area contributed by atoms with Gasteiger partial charge in [-0.25, -0.2) is 0 Å². The summed E-state index contributed by atoms with van der Waals surface area (Å²) >= 11 is 0. The number of benzene rings is 1. The number of hydrogen-bond acceptors (Lipinski definition) is 3. The van der Waals surface area contributed by atoms with Gasteiger partial charge < -0.3 is 11.1 Å². The Labute approximate surface area is 102 Å². The van der Waals surface area contributed by atoms with Crippen LogP contribution in [0.15, 0.2) is 36.7 Å². The number of nitrogens with one attached hydrogen (secondary N) is 1. The van der Waals surface area contributed by atoms with Crippen molar-refractivity contribution in [1.29, 1.82) is 0 Å². The molecule has 0 bridgehead atoms. The first kappa shape index (κ1) is 11.5. The van der Waals surface area contributed by atoms with Gasteiger partial charge >= 0.3 is 0 Å². The van der Waals surface area contributed by atoms with Crippen LogP contribution in [0, 0.1) is 13.8 Å². The average molecular weight is 227 g/mol. The number of hydrogen-bond donors (Lipinski definition) is 2. The molecule has 3 N–H and O–H groups in total. The molecule has 2 rings (SSSR count). The van der Waals surface area contributed by atoms with Crippen LogP contribution < -0.4 is 11.1 Å². The first-order chi connectivity index (χ1) is 8.18. The van der Waals surface area contributed by atoms with Crippen molar-refractivity contribution in [3.8, 4) is 0 Å². The summed E-state index contributed by atoms with van der Waals surface area (Å²) in [5.41, 5.74) is 11.3. The van der Waals surface area contributed by atoms with Crippen molar-refractivity contribution in [1.82, 2.24) is 4.98 Å². The molecule has 0 amide bonds. The van der Waals surface area contributed by atoms with E-state index in [9.17, 15) is 0 Å². The Morgan fingerprint density at radius 2 is 2.00 bits per heavy atom. The molecule has 0 aliphatic rings. The second-order valence-corrected chi connectivity index (χ2v) is 4.19. The van der Waals surface area contributed by atoms with Gasteiger partial charge in [-0.1, -0.05) is 12.1 Å². The predicted molar refractivity (Wildman–Crippen MR) is 71.9 cm³/mol. The van der Waals surface area contributed by atoms with Gasteiger partial charge in [-0.3, -0.25) is 4.98 Å². The van der Waals surface area contributed by atoms with E-state index in [2.05, 4.69) is 30.2 Å². The van der Waals surface area contributed by atoms with Crippen LogP contribution in [0.25, 0.3) is 0 Å². The molecule has 0 spiro atoms. The van der Waals surface area contributed by atoms with Gasteiger partial charge in [0.05, 0.1) is 11.4 Å². The minimum Gasteiger partial charge on any atom is -0.397 e. The number of nitrogens with zero attached hydrogens (tertiary/aromatic N) is 1. The summed E-state index contributed by atoms with van der Waals surface area (Å²) in [4.78, 5) is 4.13. The number of aromatic nitrogens is 1. The molecule has 1 aromatic heterocycles. The molecule has 17 heavy (non-hydrogen) atoms. The maximum atomic E-state index is 5.95. The van der Waals surface area contributed by atoms with Crippen LogP contribution in [0.3, 0.4) is 0 Å². The monoisotopic (exact) mass is 227 g/mol. The lowest BCUT2D eigenvalue weighted by Crippen LogP contribution is -2.05. The van der Waals surface area contributed by atoms with E-state index in [0.717, 1.165) is 23.5 Å². The first-order valence-electron chi connectivity index (χ1n) is 5.67. The van der Waals surface area contributed by atoms with E-state index in [-0.39, 0.29) is 0 Å². The van der Waals surface area contributed by atoms with Crippen LogP contribution >= 0.6 is 0 Å². The Balaban J connectivity index is 2.16. The number of para-hydroxylation sites is 1. The highest BCUT2D eigenvalue weighted by Crippen LogP contribution is 2.23. The summed E-state index contributed by atoms with van der Waals surface area (Å²) in [7, 11) is 0. The molecular formula is C14H17N3. The molecule has 0 saturated carbocycles. The minimum absolute atomic E-state index is 0.745. The van der Waals surface area contributed by atoms with Crippen molar-refractivity contribution in [3.63, 3.8) is 0 Å². The molecule has 0 unspecified atom stereocenters. The van der Waals surface area contributed by atoms with E-state index in [1.807, 2.05) is 24.4 Å². The van der Waals surface area contributed by atoms with Gasteiger partial charge in [0.25, 0.3) is 0 Å². The van der Waals surface area contributed by atoms with Gasteiger partial charge in [0.1, 0.15) is 0 Å². The van der Waals surface area contributed by atoms with Gasteiger partial charge in [0.15, 0.2) is 0 Å². The van der Waals surface area contributed by atoms with Crippen LogP contribution in [0.5, 0.6) is 0 Å². The highest BCUT2D eigenvalue weighted by Gasteiger charge is 2.03. The minimum atomic E-state index is 0.745. The molecule has 2 aromatic rings. The van der Waals surface area contributed by atoms with Crippen LogP contribution in [0.4, 0.5) is 11.4 Å². The number of pyridine rings is 1. The molecule has 0 saturated heterocycles. The van der Waals surface area contributed by atoms with Crippen LogP contribution in [0.1, 0.15) is 16.7 Å². The summed E-state index contributed by atoms with van der Waals surface area (Å²) in [6.07, 6.45) is 3.69. The fourth-order valence-corrected chi connectivity index (χ4v) is 1.80. The standard InChI is InChI=1S/C14H17N3/c1-10-6-7-16-8-12(10)9-17-14-11(2)4-3-5-13(14)15/h3-8,17H,9,15H2,1-2H3. The second-order valence-electron chi connectivity index (χ2n) is 4.19. The quantitative estimate of drug-likeness (QED) is 0.793. The zero-order chi connectivity index (χ0) is 12.3. The summed E-state index contributed by atoms with van der Waals surface area (Å²) in [5, 5.41) is 3.37. The SMILES string of the molecule is Cc1ccncc1CNc1c(C)cccc1N. The lowest BCUT2D eigenvalue weighted by Gasteiger charge is -2.13. The number of nitrogens with two attached hydrogens (primary N) is 1. The smallest absolute Gasteiger partial charge is 0.0606 e. The van der Waals surface area contributed by atoms with Crippen LogP contribution in [-0.2, 0) is 6.54 Å². The van der Waals surface area contributed by atoms with Crippen molar-refractivity contribution in [2.75, 3.05) is 11.1 Å². The molecular weight excluding hydrogens is 210 g/mol. The summed E-state index contributed by atoms with van der Waals surface area (Å²) in [6, 6.07) is 7.93. The molecule has 1 heterocycles. The van der Waals surface area contributed by atoms with Gasteiger partial charge in [-0.2, -0.15) is 0 Å². The number of rotatable bonds is 3. The van der Waals surface area contributed by atoms with Gasteiger partial charge in [-0.15, -0.1) is 0 Å². The zero-order valence-electron chi connectivity index (χ0n) is 10.2. The molecule has 0 radical (unpaired) electrons. The molecule has 3 nitrogen and oxygen atoms in total. The van der Waals surface area contributed by atoms with Crippen molar-refractivity contribution >= 4 is 11.4 Å². The number of nitrogen functional groups attached to an aromatic ring is 1. The Kier molecular flexibility index (Phi) is 3.28. The third kappa shape index (κ3) is 2.56. The highest BCUT2D eigenvalue weighted by atomic mass is 14.9. The largest absolute Gasteiger partial charge is 0.397 e. The number of anilines is 2. The third-order valence-corrected chi connectivity index (χ3v) is 2.91. The van der Waals surface area contributed by atoms with Crippen LogP contribution in [-0.4, -0.2) is 4.98 Å². The van der Waals surface area contributed by atoms with E-state index >= 15 is 0 Å². The predicted octanol–water partition coefficient (Wildman–Crippen LogP) is 2.89. The third-order valence-electron chi connectivity index (χ3n) is 2.91. The van der Waals surface area contributed by atoms with Crippen molar-refractivity contribution in [2.24, 2.45) is 0 Å². The van der Waals surface area contributed by atoms with E-state index in [1.54, 1.807) is 6.20 Å². The molecule has 0 fully saturated rings. The Bertz CT molecular complexity index is 500. The lowest BCUT2D eigenvalue weighted by atomic mass is 10.1. The fourth-order valence-electron chi connectivity index (χ4n) is 1.80. The highest BCUT2D eigenvalue weighted by molar-refractivity contribution is 5.69. The molecule has 88 valence electrons. The summed E-state index contributed by atoms with van der Waals surface area (Å²) < 4.78 is 0. The maximum Gasteiger partial charge on any atom is 0.0606 e. The number of aryl methyl sites for hydroxylation is 2. The van der Waals surface area contributed by atoms with E-state index in [1.165, 1.54) is 11.1 Å². The van der Waals surface area contributed by atoms with Gasteiger partial charge in [-0.05, 0) is 42.7 Å². The van der Waals surface area contributed by atoms with E-state index < -0.39 is 0 Å². The molecule has 0 aliphatic heterocycles. The Morgan fingerprint density at radius 3 is 2.71 bits per heavy atom. The maximum absolute atomic E-state index is 5.95. The normalized spacial score (nSPS) is 10.2. The second kappa shape index (κ2) is 4.87. The Hall–Kier alpha value is -2.03. The molecule has 1 aromatic carbocycles. The van der Waals surface area contributed by atoms with E-state index in [0.29, 0.717) is 0 Å². The first-order valence-corrected chi connectivity index (χ1v) is 5.67. The fraction of sp³-hybridized carbons (Fsp3) is 0.214. The van der Waals surface area contributed by atoms with Crippen molar-refractivity contribution < 1.29 is 0 Å². The zero-order valence-corrected chi connectivity index (χ0v) is 10.2. The summed E-state index contributed by atoms with van der Waals surface area (Å²) in [5.74, 6) is 0. The summed E-state index contributed by atoms with van der Waals surface area (Å²) in [6.45, 7) is 4.88. The topological polar surface area (TPSA) is 50.9 Å². The average Bonchev–Trinajstić information content (AvgIpc) is 2.30. The van der Waals surface area contributed by atoms with Crippen LogP contribution in [0.2, 0.25) is 0 Å².